The first kappa shape index (κ1) is 13.8. The van der Waals surface area contributed by atoms with Crippen molar-refractivity contribution in [1.29, 1.82) is 0 Å². The van der Waals surface area contributed by atoms with Crippen molar-refractivity contribution in [1.82, 2.24) is 0 Å². The van der Waals surface area contributed by atoms with Crippen molar-refractivity contribution < 1.29 is 26.1 Å². The highest BCUT2D eigenvalue weighted by Crippen LogP contribution is 2.27. The molecule has 4 aromatic rings. The predicted molar refractivity (Wildman–Crippen MR) is 81.2 cm³/mol. The summed E-state index contributed by atoms with van der Waals surface area (Å²) in [6.45, 7) is 0. The predicted octanol–water partition coefficient (Wildman–Crippen LogP) is 0.744. The number of aromatic nitrogens is 1. The molecule has 3 heteroatoms. The molecule has 4 rings (SSSR count). The van der Waals surface area contributed by atoms with Gasteiger partial charge in [0.1, 0.15) is 5.75 Å². The molecule has 0 atom stereocenters. The van der Waals surface area contributed by atoms with E-state index >= 15 is 0 Å². The molecule has 0 saturated heterocycles. The highest BCUT2D eigenvalue weighted by molar-refractivity contribution is 6.07. The molecule has 0 bridgehead atoms. The molecule has 2 aromatic heterocycles. The molecule has 2 aromatic carbocycles. The van der Waals surface area contributed by atoms with E-state index in [2.05, 4.69) is 59.3 Å². The Morgan fingerprint density at radius 2 is 1.67 bits per heavy atom. The minimum Gasteiger partial charge on any atom is -1.00 e. The molecule has 21 heavy (non-hydrogen) atoms. The number of fused-ring (bicyclic) bond motifs is 4. The Morgan fingerprint density at radius 3 is 2.48 bits per heavy atom. The molecule has 0 fully saturated rings. The molecular weight excluding hydrogens is 326 g/mol. The summed E-state index contributed by atoms with van der Waals surface area (Å²) in [5.41, 5.74) is 1.20. The molecular formula is C18H14BrNO. The van der Waals surface area contributed by atoms with E-state index in [1.54, 1.807) is 7.11 Å². The van der Waals surface area contributed by atoms with Gasteiger partial charge in [-0.15, -0.1) is 0 Å². The first-order chi connectivity index (χ1) is 9.85. The smallest absolute Gasteiger partial charge is 0.211 e. The van der Waals surface area contributed by atoms with E-state index in [1.165, 1.54) is 27.1 Å². The van der Waals surface area contributed by atoms with Gasteiger partial charge in [-0.3, -0.25) is 0 Å². The van der Waals surface area contributed by atoms with Crippen LogP contribution in [0.4, 0.5) is 0 Å². The largest absolute Gasteiger partial charge is 1.00 e. The Hall–Kier alpha value is -2.13. The fourth-order valence-electron chi connectivity index (χ4n) is 2.75. The maximum absolute atomic E-state index is 5.30. The monoisotopic (exact) mass is 339 g/mol. The second-order valence-electron chi connectivity index (χ2n) is 4.96. The van der Waals surface area contributed by atoms with Gasteiger partial charge in [0.15, 0.2) is 12.4 Å². The van der Waals surface area contributed by atoms with Crippen molar-refractivity contribution in [2.45, 2.75) is 0 Å². The SMILES string of the molecule is COc1ccc2c(ccc3cc4cccc[n+]4cc32)c1.[Br-]. The average molecular weight is 340 g/mol. The lowest BCUT2D eigenvalue weighted by Crippen LogP contribution is -3.00. The summed E-state index contributed by atoms with van der Waals surface area (Å²) in [6, 6.07) is 19.0. The molecule has 0 unspecified atom stereocenters. The van der Waals surface area contributed by atoms with Crippen molar-refractivity contribution >= 4 is 27.1 Å². The van der Waals surface area contributed by atoms with Crippen molar-refractivity contribution in [3.05, 3.63) is 67.0 Å². The van der Waals surface area contributed by atoms with Crippen LogP contribution in [0.5, 0.6) is 5.75 Å². The van der Waals surface area contributed by atoms with Gasteiger partial charge in [-0.05, 0) is 40.4 Å². The van der Waals surface area contributed by atoms with E-state index in [1.807, 2.05) is 12.1 Å². The lowest BCUT2D eigenvalue weighted by molar-refractivity contribution is -0.510. The second-order valence-corrected chi connectivity index (χ2v) is 4.96. The molecule has 0 aliphatic heterocycles. The van der Waals surface area contributed by atoms with E-state index in [-0.39, 0.29) is 17.0 Å². The molecule has 0 radical (unpaired) electrons. The Morgan fingerprint density at radius 1 is 0.857 bits per heavy atom. The first-order valence-corrected chi connectivity index (χ1v) is 6.66. The zero-order chi connectivity index (χ0) is 13.5. The molecule has 0 N–H and O–H groups in total. The number of pyridine rings is 2. The van der Waals surface area contributed by atoms with Crippen LogP contribution in [0.15, 0.2) is 67.0 Å². The van der Waals surface area contributed by atoms with E-state index in [9.17, 15) is 0 Å². The fourth-order valence-corrected chi connectivity index (χ4v) is 2.75. The molecule has 0 spiro atoms. The molecule has 0 amide bonds. The number of halogens is 1. The van der Waals surface area contributed by atoms with Crippen molar-refractivity contribution in [2.75, 3.05) is 7.11 Å². The van der Waals surface area contributed by atoms with Gasteiger partial charge < -0.3 is 21.7 Å². The van der Waals surface area contributed by atoms with Crippen molar-refractivity contribution in [3.8, 4) is 5.75 Å². The van der Waals surface area contributed by atoms with E-state index in [0.717, 1.165) is 5.75 Å². The van der Waals surface area contributed by atoms with Gasteiger partial charge >= 0.3 is 0 Å². The van der Waals surface area contributed by atoms with Crippen LogP contribution in [0.25, 0.3) is 27.1 Å². The third kappa shape index (κ3) is 2.24. The quantitative estimate of drug-likeness (QED) is 0.283. The molecule has 2 nitrogen and oxygen atoms in total. The zero-order valence-corrected chi connectivity index (χ0v) is 13.2. The Kier molecular flexibility index (Phi) is 3.52. The van der Waals surface area contributed by atoms with Gasteiger partial charge in [0.2, 0.25) is 5.52 Å². The fraction of sp³-hybridized carbons (Fsp3) is 0.0556. The van der Waals surface area contributed by atoms with Crippen molar-refractivity contribution in [2.24, 2.45) is 0 Å². The summed E-state index contributed by atoms with van der Waals surface area (Å²) in [6.07, 6.45) is 4.27. The summed E-state index contributed by atoms with van der Waals surface area (Å²) < 4.78 is 7.46. The molecule has 0 aliphatic rings. The van der Waals surface area contributed by atoms with Crippen LogP contribution >= 0.6 is 0 Å². The van der Waals surface area contributed by atoms with E-state index in [4.69, 9.17) is 4.74 Å². The van der Waals surface area contributed by atoms with E-state index < -0.39 is 0 Å². The molecule has 2 heterocycles. The van der Waals surface area contributed by atoms with Crippen LogP contribution in [0.3, 0.4) is 0 Å². The number of hydrogen-bond donors (Lipinski definition) is 0. The number of ether oxygens (including phenoxy) is 1. The normalized spacial score (nSPS) is 10.7. The number of rotatable bonds is 1. The summed E-state index contributed by atoms with van der Waals surface area (Å²) >= 11 is 0. The van der Waals surface area contributed by atoms with Gasteiger partial charge in [-0.25, -0.2) is 0 Å². The number of nitrogens with zero attached hydrogens (tertiary/aromatic N) is 1. The molecule has 104 valence electrons. The highest BCUT2D eigenvalue weighted by Gasteiger charge is 2.08. The third-order valence-corrected chi connectivity index (χ3v) is 3.80. The summed E-state index contributed by atoms with van der Waals surface area (Å²) in [4.78, 5) is 0. The lowest BCUT2D eigenvalue weighted by atomic mass is 10.0. The number of methoxy groups -OCH3 is 1. The van der Waals surface area contributed by atoms with Gasteiger partial charge in [-0.2, -0.15) is 4.40 Å². The first-order valence-electron chi connectivity index (χ1n) is 6.66. The average Bonchev–Trinajstić information content (AvgIpc) is 2.52. The standard InChI is InChI=1S/C18H14NO.BrH/c1-20-16-7-8-17-14(11-16)6-5-13-10-15-4-2-3-9-19(15)12-18(13)17;/h2-12H,1H3;1H/q+1;/p-1. The Balaban J connectivity index is 0.00000132. The van der Waals surface area contributed by atoms with E-state index in [0.29, 0.717) is 0 Å². The molecule has 0 aliphatic carbocycles. The zero-order valence-electron chi connectivity index (χ0n) is 11.6. The highest BCUT2D eigenvalue weighted by atomic mass is 79.9. The Bertz CT molecular complexity index is 949. The number of benzene rings is 2. The van der Waals surface area contributed by atoms with Gasteiger partial charge in [0.05, 0.1) is 12.5 Å². The maximum Gasteiger partial charge on any atom is 0.211 e. The maximum atomic E-state index is 5.30. The number of hydrogen-bond acceptors (Lipinski definition) is 1. The van der Waals surface area contributed by atoms with Crippen LogP contribution < -0.4 is 26.1 Å². The minimum atomic E-state index is 0. The second kappa shape index (κ2) is 5.34. The lowest BCUT2D eigenvalue weighted by Gasteiger charge is -2.05. The minimum absolute atomic E-state index is 0. The van der Waals surface area contributed by atoms with Crippen LogP contribution in [-0.4, -0.2) is 7.11 Å². The summed E-state index contributed by atoms with van der Waals surface area (Å²) in [7, 11) is 1.70. The Labute approximate surface area is 133 Å². The van der Waals surface area contributed by atoms with Crippen LogP contribution in [-0.2, 0) is 0 Å². The topological polar surface area (TPSA) is 13.3 Å². The van der Waals surface area contributed by atoms with Gasteiger partial charge in [-0.1, -0.05) is 12.1 Å². The summed E-state index contributed by atoms with van der Waals surface area (Å²) in [5.74, 6) is 0.894. The third-order valence-electron chi connectivity index (χ3n) is 3.80. The summed E-state index contributed by atoms with van der Waals surface area (Å²) in [5, 5.41) is 4.97. The van der Waals surface area contributed by atoms with Gasteiger partial charge in [0, 0.05) is 18.2 Å². The molecule has 0 saturated carbocycles. The van der Waals surface area contributed by atoms with Crippen LogP contribution in [0.1, 0.15) is 0 Å². The van der Waals surface area contributed by atoms with Gasteiger partial charge in [0.25, 0.3) is 0 Å². The van der Waals surface area contributed by atoms with Crippen LogP contribution in [0, 0.1) is 0 Å². The van der Waals surface area contributed by atoms with Crippen LogP contribution in [0.2, 0.25) is 0 Å². The van der Waals surface area contributed by atoms with Crippen molar-refractivity contribution in [3.63, 3.8) is 0 Å².